The molecular formula is C32H30. The van der Waals surface area contributed by atoms with Gasteiger partial charge in [-0.15, -0.1) is 0 Å². The molecule has 0 amide bonds. The summed E-state index contributed by atoms with van der Waals surface area (Å²) in [6.07, 6.45) is 1.16. The van der Waals surface area contributed by atoms with Gasteiger partial charge in [-0.3, -0.25) is 0 Å². The minimum Gasteiger partial charge on any atom is -0.0648 e. The molecule has 6 rings (SSSR count). The Balaban J connectivity index is 1.82. The van der Waals surface area contributed by atoms with E-state index in [-0.39, 0.29) is 5.41 Å². The molecule has 0 radical (unpaired) electrons. The van der Waals surface area contributed by atoms with Gasteiger partial charge in [0.2, 0.25) is 0 Å². The Labute approximate surface area is 192 Å². The summed E-state index contributed by atoms with van der Waals surface area (Å²) < 4.78 is 0. The van der Waals surface area contributed by atoms with Crippen LogP contribution in [0.25, 0.3) is 22.3 Å². The Morgan fingerprint density at radius 1 is 0.562 bits per heavy atom. The maximum Gasteiger partial charge on any atom is 0.0725 e. The Kier molecular flexibility index (Phi) is 4.09. The summed E-state index contributed by atoms with van der Waals surface area (Å²) in [5.41, 5.74) is 16.6. The van der Waals surface area contributed by atoms with E-state index < -0.39 is 0 Å². The van der Waals surface area contributed by atoms with Gasteiger partial charge in [-0.05, 0) is 83.2 Å². The molecule has 0 saturated heterocycles. The van der Waals surface area contributed by atoms with E-state index in [1.165, 1.54) is 66.8 Å². The van der Waals surface area contributed by atoms with Crippen molar-refractivity contribution in [2.75, 3.05) is 0 Å². The molecule has 0 heterocycles. The first kappa shape index (κ1) is 19.6. The molecule has 0 saturated carbocycles. The Bertz CT molecular complexity index is 1330. The second-order valence-corrected chi connectivity index (χ2v) is 10.0. The molecule has 0 heteroatoms. The second-order valence-electron chi connectivity index (χ2n) is 10.0. The van der Waals surface area contributed by atoms with Gasteiger partial charge in [0.25, 0.3) is 0 Å². The fourth-order valence-electron chi connectivity index (χ4n) is 6.13. The molecule has 4 aromatic rings. The highest BCUT2D eigenvalue weighted by Gasteiger charge is 2.51. The van der Waals surface area contributed by atoms with E-state index in [0.717, 1.165) is 6.42 Å². The van der Waals surface area contributed by atoms with Crippen LogP contribution in [0.15, 0.2) is 72.8 Å². The summed E-state index contributed by atoms with van der Waals surface area (Å²) in [6, 6.07) is 28.5. The van der Waals surface area contributed by atoms with Gasteiger partial charge in [0.15, 0.2) is 0 Å². The van der Waals surface area contributed by atoms with E-state index in [1.54, 1.807) is 0 Å². The molecule has 0 aromatic heterocycles. The van der Waals surface area contributed by atoms with Crippen molar-refractivity contribution < 1.29 is 0 Å². The van der Waals surface area contributed by atoms with Crippen molar-refractivity contribution in [1.82, 2.24) is 0 Å². The first-order chi connectivity index (χ1) is 15.4. The Hall–Kier alpha value is -3.12. The topological polar surface area (TPSA) is 0 Å². The van der Waals surface area contributed by atoms with E-state index in [4.69, 9.17) is 0 Å². The lowest BCUT2D eigenvalue weighted by molar-refractivity contribution is 0.725. The smallest absolute Gasteiger partial charge is 0.0648 e. The van der Waals surface area contributed by atoms with Crippen LogP contribution in [0.2, 0.25) is 0 Å². The third kappa shape index (κ3) is 2.39. The van der Waals surface area contributed by atoms with Crippen molar-refractivity contribution >= 4 is 0 Å². The molecule has 4 aromatic carbocycles. The van der Waals surface area contributed by atoms with E-state index in [2.05, 4.69) is 107 Å². The zero-order chi connectivity index (χ0) is 22.2. The Morgan fingerprint density at radius 3 is 1.34 bits per heavy atom. The quantitative estimate of drug-likeness (QED) is 0.266. The summed E-state index contributed by atoms with van der Waals surface area (Å²) in [5, 5.41) is 0. The molecule has 0 aliphatic heterocycles. The number of hydrogen-bond acceptors (Lipinski definition) is 0. The van der Waals surface area contributed by atoms with Crippen LogP contribution in [0.4, 0.5) is 0 Å². The van der Waals surface area contributed by atoms with E-state index in [0.29, 0.717) is 5.92 Å². The predicted octanol–water partition coefficient (Wildman–Crippen LogP) is 8.47. The molecule has 0 N–H and O–H groups in total. The molecule has 1 atom stereocenters. The van der Waals surface area contributed by atoms with Gasteiger partial charge in [0.05, 0.1) is 5.41 Å². The molecule has 0 nitrogen and oxygen atoms in total. The zero-order valence-electron chi connectivity index (χ0n) is 19.7. The maximum absolute atomic E-state index is 2.53. The van der Waals surface area contributed by atoms with E-state index in [1.807, 2.05) is 0 Å². The highest BCUT2D eigenvalue weighted by Crippen LogP contribution is 2.63. The fourth-order valence-corrected chi connectivity index (χ4v) is 6.13. The SMILES string of the molecule is CCC(C)c1ccc2c(c1)C1(c3cc(C)ccc3-c3ccc(C)cc31)c1cc(C)ccc1-2. The summed E-state index contributed by atoms with van der Waals surface area (Å²) in [4.78, 5) is 0. The van der Waals surface area contributed by atoms with Crippen LogP contribution in [0.3, 0.4) is 0 Å². The van der Waals surface area contributed by atoms with Crippen LogP contribution < -0.4 is 0 Å². The minimum atomic E-state index is -0.233. The van der Waals surface area contributed by atoms with Gasteiger partial charge in [-0.1, -0.05) is 103 Å². The second kappa shape index (κ2) is 6.69. The summed E-state index contributed by atoms with van der Waals surface area (Å²) in [6.45, 7) is 11.3. The lowest BCUT2D eigenvalue weighted by Gasteiger charge is -2.31. The minimum absolute atomic E-state index is 0.233. The molecule has 1 unspecified atom stereocenters. The standard InChI is InChI=1S/C32H30/c1-6-22(5)23-10-14-27-26-13-9-21(4)17-30(26)32(31(27)18-23)28-15-19(2)7-11-24(28)25-12-8-20(3)16-29(25)32/h7-18,22H,6H2,1-5H3. The largest absolute Gasteiger partial charge is 0.0725 e. The first-order valence-corrected chi connectivity index (χ1v) is 11.9. The van der Waals surface area contributed by atoms with E-state index in [9.17, 15) is 0 Å². The number of hydrogen-bond donors (Lipinski definition) is 0. The monoisotopic (exact) mass is 414 g/mol. The summed E-state index contributed by atoms with van der Waals surface area (Å²) in [5.74, 6) is 0.554. The molecule has 32 heavy (non-hydrogen) atoms. The van der Waals surface area contributed by atoms with Crippen LogP contribution in [0.1, 0.15) is 70.7 Å². The third-order valence-corrected chi connectivity index (χ3v) is 7.95. The normalized spacial score (nSPS) is 15.3. The molecular weight excluding hydrogens is 384 g/mol. The molecule has 2 aliphatic rings. The molecule has 1 spiro atoms. The number of rotatable bonds is 2. The van der Waals surface area contributed by atoms with Crippen molar-refractivity contribution in [1.29, 1.82) is 0 Å². The van der Waals surface area contributed by atoms with Crippen molar-refractivity contribution in [2.24, 2.45) is 0 Å². The predicted molar refractivity (Wildman–Crippen MR) is 136 cm³/mol. The van der Waals surface area contributed by atoms with Gasteiger partial charge in [-0.25, -0.2) is 0 Å². The first-order valence-electron chi connectivity index (χ1n) is 11.9. The van der Waals surface area contributed by atoms with Crippen LogP contribution in [-0.2, 0) is 5.41 Å². The van der Waals surface area contributed by atoms with E-state index >= 15 is 0 Å². The molecule has 158 valence electrons. The summed E-state index contributed by atoms with van der Waals surface area (Å²) in [7, 11) is 0. The van der Waals surface area contributed by atoms with Crippen molar-refractivity contribution in [3.05, 3.63) is 117 Å². The van der Waals surface area contributed by atoms with Crippen LogP contribution in [0.5, 0.6) is 0 Å². The lowest BCUT2D eigenvalue weighted by Crippen LogP contribution is -2.26. The van der Waals surface area contributed by atoms with Gasteiger partial charge in [0.1, 0.15) is 0 Å². The van der Waals surface area contributed by atoms with Gasteiger partial charge >= 0.3 is 0 Å². The number of fused-ring (bicyclic) bond motifs is 10. The highest BCUT2D eigenvalue weighted by atomic mass is 14.5. The fraction of sp³-hybridized carbons (Fsp3) is 0.250. The summed E-state index contributed by atoms with van der Waals surface area (Å²) >= 11 is 0. The third-order valence-electron chi connectivity index (χ3n) is 7.95. The number of benzene rings is 4. The molecule has 0 bridgehead atoms. The number of aryl methyl sites for hydroxylation is 3. The van der Waals surface area contributed by atoms with Gasteiger partial charge in [0, 0.05) is 0 Å². The van der Waals surface area contributed by atoms with Crippen LogP contribution in [0, 0.1) is 20.8 Å². The average molecular weight is 415 g/mol. The van der Waals surface area contributed by atoms with Crippen LogP contribution >= 0.6 is 0 Å². The van der Waals surface area contributed by atoms with Gasteiger partial charge in [-0.2, -0.15) is 0 Å². The van der Waals surface area contributed by atoms with Crippen LogP contribution in [-0.4, -0.2) is 0 Å². The van der Waals surface area contributed by atoms with Crippen molar-refractivity contribution in [3.63, 3.8) is 0 Å². The van der Waals surface area contributed by atoms with Crippen molar-refractivity contribution in [3.8, 4) is 22.3 Å². The maximum atomic E-state index is 2.53. The van der Waals surface area contributed by atoms with Gasteiger partial charge < -0.3 is 0 Å². The molecule has 2 aliphatic carbocycles. The average Bonchev–Trinajstić information content (AvgIpc) is 3.23. The lowest BCUT2D eigenvalue weighted by atomic mass is 9.69. The zero-order valence-corrected chi connectivity index (χ0v) is 19.7. The Morgan fingerprint density at radius 2 is 0.938 bits per heavy atom. The van der Waals surface area contributed by atoms with Crippen molar-refractivity contribution in [2.45, 2.75) is 52.4 Å². The molecule has 0 fully saturated rings. The highest BCUT2D eigenvalue weighted by molar-refractivity contribution is 5.95.